The second kappa shape index (κ2) is 8.33. The standard InChI is InChI=1S/C19H20BrN3O3/c1-23-15-6-4-3-5-14(15)17(20)18(23)19(24)22-12-13-7-8-16(21-11-13)26-10-9-25-2/h3-8,11H,9-10,12H2,1-2H3,(H,22,24). The molecular formula is C19H20BrN3O3. The fourth-order valence-electron chi connectivity index (χ4n) is 2.70. The van der Waals surface area contributed by atoms with E-state index in [1.807, 2.05) is 41.9 Å². The number of nitrogens with zero attached hydrogens (tertiary/aromatic N) is 2. The van der Waals surface area contributed by atoms with Crippen LogP contribution in [0.1, 0.15) is 16.1 Å². The number of amides is 1. The van der Waals surface area contributed by atoms with E-state index in [0.717, 1.165) is 20.9 Å². The first-order valence-corrected chi connectivity index (χ1v) is 8.99. The molecule has 136 valence electrons. The molecule has 3 rings (SSSR count). The lowest BCUT2D eigenvalue weighted by Crippen LogP contribution is -2.25. The van der Waals surface area contributed by atoms with Crippen LogP contribution >= 0.6 is 15.9 Å². The molecule has 0 saturated carbocycles. The minimum Gasteiger partial charge on any atom is -0.475 e. The van der Waals surface area contributed by atoms with Crippen LogP contribution in [0, 0.1) is 0 Å². The van der Waals surface area contributed by atoms with Crippen LogP contribution < -0.4 is 10.1 Å². The molecule has 0 bridgehead atoms. The predicted molar refractivity (Wildman–Crippen MR) is 103 cm³/mol. The van der Waals surface area contributed by atoms with Gasteiger partial charge in [0.1, 0.15) is 12.3 Å². The molecule has 1 amide bonds. The highest BCUT2D eigenvalue weighted by molar-refractivity contribution is 9.10. The van der Waals surface area contributed by atoms with E-state index in [0.29, 0.717) is 31.3 Å². The third-order valence-electron chi connectivity index (χ3n) is 4.05. The largest absolute Gasteiger partial charge is 0.475 e. The molecule has 0 aliphatic heterocycles. The summed E-state index contributed by atoms with van der Waals surface area (Å²) in [6.45, 7) is 1.35. The fraction of sp³-hybridized carbons (Fsp3) is 0.263. The van der Waals surface area contributed by atoms with Gasteiger partial charge in [0.2, 0.25) is 5.88 Å². The second-order valence-electron chi connectivity index (χ2n) is 5.77. The van der Waals surface area contributed by atoms with Crippen molar-refractivity contribution in [1.82, 2.24) is 14.9 Å². The Labute approximate surface area is 160 Å². The van der Waals surface area contributed by atoms with Crippen LogP contribution in [0.25, 0.3) is 10.9 Å². The molecule has 26 heavy (non-hydrogen) atoms. The number of fused-ring (bicyclic) bond motifs is 1. The Kier molecular flexibility index (Phi) is 5.90. The summed E-state index contributed by atoms with van der Waals surface area (Å²) in [7, 11) is 3.51. The third-order valence-corrected chi connectivity index (χ3v) is 4.85. The summed E-state index contributed by atoms with van der Waals surface area (Å²) in [4.78, 5) is 16.9. The third kappa shape index (κ3) is 3.89. The van der Waals surface area contributed by atoms with Crippen LogP contribution in [0.4, 0.5) is 0 Å². The molecule has 0 radical (unpaired) electrons. The number of hydrogen-bond donors (Lipinski definition) is 1. The van der Waals surface area contributed by atoms with Gasteiger partial charge in [-0.15, -0.1) is 0 Å². The summed E-state index contributed by atoms with van der Waals surface area (Å²) >= 11 is 3.55. The number of benzene rings is 1. The van der Waals surface area contributed by atoms with Gasteiger partial charge < -0.3 is 19.4 Å². The van der Waals surface area contributed by atoms with Gasteiger partial charge in [-0.1, -0.05) is 24.3 Å². The van der Waals surface area contributed by atoms with Gasteiger partial charge in [0.25, 0.3) is 5.91 Å². The smallest absolute Gasteiger partial charge is 0.269 e. The van der Waals surface area contributed by atoms with E-state index >= 15 is 0 Å². The Morgan fingerprint density at radius 3 is 2.73 bits per heavy atom. The van der Waals surface area contributed by atoms with Crippen molar-refractivity contribution in [2.24, 2.45) is 7.05 Å². The number of aromatic nitrogens is 2. The predicted octanol–water partition coefficient (Wildman–Crippen LogP) is 3.29. The van der Waals surface area contributed by atoms with Gasteiger partial charge in [-0.2, -0.15) is 0 Å². The first-order valence-electron chi connectivity index (χ1n) is 8.19. The molecule has 2 aromatic heterocycles. The zero-order valence-electron chi connectivity index (χ0n) is 14.7. The molecule has 0 saturated heterocycles. The quantitative estimate of drug-likeness (QED) is 0.599. The van der Waals surface area contributed by atoms with E-state index in [4.69, 9.17) is 9.47 Å². The molecule has 0 atom stereocenters. The van der Waals surface area contributed by atoms with Crippen molar-refractivity contribution in [3.05, 3.63) is 58.3 Å². The van der Waals surface area contributed by atoms with E-state index in [1.165, 1.54) is 0 Å². The minimum atomic E-state index is -0.143. The van der Waals surface area contributed by atoms with Crippen LogP contribution in [0.15, 0.2) is 47.1 Å². The summed E-state index contributed by atoms with van der Waals surface area (Å²) in [5, 5.41) is 3.95. The maximum atomic E-state index is 12.6. The van der Waals surface area contributed by atoms with Crippen molar-refractivity contribution < 1.29 is 14.3 Å². The van der Waals surface area contributed by atoms with Crippen molar-refractivity contribution in [3.63, 3.8) is 0 Å². The zero-order valence-corrected chi connectivity index (χ0v) is 16.2. The van der Waals surface area contributed by atoms with Gasteiger partial charge in [-0.25, -0.2) is 4.98 Å². The van der Waals surface area contributed by atoms with Crippen molar-refractivity contribution in [1.29, 1.82) is 0 Å². The van der Waals surface area contributed by atoms with Crippen LogP contribution in [0.5, 0.6) is 5.88 Å². The van der Waals surface area contributed by atoms with Crippen LogP contribution in [-0.4, -0.2) is 35.8 Å². The van der Waals surface area contributed by atoms with Crippen LogP contribution in [0.2, 0.25) is 0 Å². The lowest BCUT2D eigenvalue weighted by molar-refractivity contribution is 0.0942. The molecule has 1 N–H and O–H groups in total. The highest BCUT2D eigenvalue weighted by Crippen LogP contribution is 2.30. The van der Waals surface area contributed by atoms with Gasteiger partial charge in [0.15, 0.2) is 0 Å². The van der Waals surface area contributed by atoms with E-state index in [1.54, 1.807) is 19.4 Å². The highest BCUT2D eigenvalue weighted by Gasteiger charge is 2.18. The Balaban J connectivity index is 1.66. The van der Waals surface area contributed by atoms with Crippen molar-refractivity contribution >= 4 is 32.7 Å². The average molecular weight is 418 g/mol. The molecule has 0 unspecified atom stereocenters. The van der Waals surface area contributed by atoms with Crippen LogP contribution in [0.3, 0.4) is 0 Å². The number of carbonyl (C=O) groups is 1. The molecule has 0 spiro atoms. The molecule has 2 heterocycles. The SMILES string of the molecule is COCCOc1ccc(CNC(=O)c2c(Br)c3ccccc3n2C)cn1. The molecule has 7 heteroatoms. The maximum Gasteiger partial charge on any atom is 0.269 e. The molecular weight excluding hydrogens is 398 g/mol. The summed E-state index contributed by atoms with van der Waals surface area (Å²) in [5.41, 5.74) is 2.50. The molecule has 0 aliphatic rings. The van der Waals surface area contributed by atoms with E-state index in [2.05, 4.69) is 26.2 Å². The Bertz CT molecular complexity index is 867. The summed E-state index contributed by atoms with van der Waals surface area (Å²) in [5.74, 6) is 0.393. The van der Waals surface area contributed by atoms with Crippen molar-refractivity contribution in [2.45, 2.75) is 6.54 Å². The zero-order chi connectivity index (χ0) is 18.5. The monoisotopic (exact) mass is 417 g/mol. The first kappa shape index (κ1) is 18.4. The number of rotatable bonds is 7. The normalized spacial score (nSPS) is 10.9. The molecule has 3 aromatic rings. The van der Waals surface area contributed by atoms with Gasteiger partial charge in [0.05, 0.1) is 11.1 Å². The summed E-state index contributed by atoms with van der Waals surface area (Å²) in [6, 6.07) is 11.6. The maximum absolute atomic E-state index is 12.6. The number of carbonyl (C=O) groups excluding carboxylic acids is 1. The number of pyridine rings is 1. The lowest BCUT2D eigenvalue weighted by atomic mass is 10.2. The van der Waals surface area contributed by atoms with Gasteiger partial charge in [-0.3, -0.25) is 4.79 Å². The minimum absolute atomic E-state index is 0.143. The number of halogens is 1. The molecule has 0 fully saturated rings. The number of ether oxygens (including phenoxy) is 2. The van der Waals surface area contributed by atoms with Crippen LogP contribution in [-0.2, 0) is 18.3 Å². The number of hydrogen-bond acceptors (Lipinski definition) is 4. The second-order valence-corrected chi connectivity index (χ2v) is 6.56. The summed E-state index contributed by atoms with van der Waals surface area (Å²) in [6.07, 6.45) is 1.69. The molecule has 0 aliphatic carbocycles. The Hall–Kier alpha value is -2.38. The molecule has 1 aromatic carbocycles. The molecule has 6 nitrogen and oxygen atoms in total. The Morgan fingerprint density at radius 2 is 2.04 bits per heavy atom. The van der Waals surface area contributed by atoms with E-state index < -0.39 is 0 Å². The van der Waals surface area contributed by atoms with Gasteiger partial charge >= 0.3 is 0 Å². The van der Waals surface area contributed by atoms with Gasteiger partial charge in [0, 0.05) is 43.9 Å². The summed E-state index contributed by atoms with van der Waals surface area (Å²) < 4.78 is 13.0. The highest BCUT2D eigenvalue weighted by atomic mass is 79.9. The number of aryl methyl sites for hydroxylation is 1. The Morgan fingerprint density at radius 1 is 1.23 bits per heavy atom. The average Bonchev–Trinajstić information content (AvgIpc) is 2.92. The van der Waals surface area contributed by atoms with Crippen molar-refractivity contribution in [2.75, 3.05) is 20.3 Å². The van der Waals surface area contributed by atoms with Crippen molar-refractivity contribution in [3.8, 4) is 5.88 Å². The number of methoxy groups -OCH3 is 1. The first-order chi connectivity index (χ1) is 12.6. The number of para-hydroxylation sites is 1. The lowest BCUT2D eigenvalue weighted by Gasteiger charge is -2.08. The van der Waals surface area contributed by atoms with E-state index in [-0.39, 0.29) is 5.91 Å². The fourth-order valence-corrected chi connectivity index (χ4v) is 3.48. The van der Waals surface area contributed by atoms with Gasteiger partial charge in [-0.05, 0) is 27.6 Å². The topological polar surface area (TPSA) is 65.4 Å². The van der Waals surface area contributed by atoms with E-state index in [9.17, 15) is 4.79 Å². The number of nitrogens with one attached hydrogen (secondary N) is 1.